The number of fused-ring (bicyclic) bond motifs is 1. The molecule has 1 amide bonds. The molecule has 1 aromatic carbocycles. The predicted molar refractivity (Wildman–Crippen MR) is 79.5 cm³/mol. The Balaban J connectivity index is 2.14. The molecule has 1 unspecified atom stereocenters. The van der Waals surface area contributed by atoms with Crippen LogP contribution in [0.4, 0.5) is 5.00 Å². The molecule has 0 saturated carbocycles. The molecule has 0 saturated heterocycles. The number of anilines is 1. The third kappa shape index (κ3) is 1.96. The van der Waals surface area contributed by atoms with E-state index in [1.165, 1.54) is 11.3 Å². The summed E-state index contributed by atoms with van der Waals surface area (Å²) in [6.45, 7) is 0. The van der Waals surface area contributed by atoms with Gasteiger partial charge in [0, 0.05) is 15.4 Å². The van der Waals surface area contributed by atoms with Gasteiger partial charge in [-0.05, 0) is 17.7 Å². The highest BCUT2D eigenvalue weighted by Gasteiger charge is 2.37. The summed E-state index contributed by atoms with van der Waals surface area (Å²) in [5.74, 6) is -2.23. The Bertz CT molecular complexity index is 758. The zero-order valence-corrected chi connectivity index (χ0v) is 12.4. The van der Waals surface area contributed by atoms with Gasteiger partial charge in [0.2, 0.25) is 5.91 Å². The summed E-state index contributed by atoms with van der Waals surface area (Å²) >= 11 is 4.66. The summed E-state index contributed by atoms with van der Waals surface area (Å²) in [5.41, 5.74) is 2.07. The number of Topliss-reactive ketones (excluding diaryl/α,β-unsaturated/α-hetero) is 1. The van der Waals surface area contributed by atoms with Crippen molar-refractivity contribution in [2.75, 3.05) is 5.32 Å². The van der Waals surface area contributed by atoms with E-state index in [9.17, 15) is 9.59 Å². The van der Waals surface area contributed by atoms with E-state index in [1.807, 2.05) is 29.6 Å². The van der Waals surface area contributed by atoms with Crippen LogP contribution in [-0.4, -0.2) is 11.7 Å². The minimum Gasteiger partial charge on any atom is -0.316 e. The number of halogens is 1. The highest BCUT2D eigenvalue weighted by atomic mass is 79.9. The van der Waals surface area contributed by atoms with Gasteiger partial charge >= 0.3 is 0 Å². The van der Waals surface area contributed by atoms with Gasteiger partial charge in [0.15, 0.2) is 11.7 Å². The van der Waals surface area contributed by atoms with Crippen LogP contribution in [0.15, 0.2) is 34.1 Å². The molecule has 98 valence electrons. The van der Waals surface area contributed by atoms with Gasteiger partial charge in [-0.25, -0.2) is 0 Å². The zero-order valence-electron chi connectivity index (χ0n) is 10.0. The Kier molecular flexibility index (Phi) is 3.16. The number of carbonyl (C=O) groups is 2. The average molecular weight is 347 g/mol. The molecule has 2 heterocycles. The number of rotatable bonds is 1. The number of thiophene rings is 1. The molecule has 1 aliphatic heterocycles. The van der Waals surface area contributed by atoms with Crippen LogP contribution in [0.25, 0.3) is 11.1 Å². The van der Waals surface area contributed by atoms with Crippen molar-refractivity contribution in [1.29, 1.82) is 5.26 Å². The van der Waals surface area contributed by atoms with Crippen molar-refractivity contribution in [3.05, 3.63) is 39.7 Å². The van der Waals surface area contributed by atoms with Crippen molar-refractivity contribution in [2.24, 2.45) is 5.92 Å². The topological polar surface area (TPSA) is 70.0 Å². The number of ketones is 1. The Labute approximate surface area is 127 Å². The highest BCUT2D eigenvalue weighted by molar-refractivity contribution is 9.10. The fraction of sp³-hybridized carbons (Fsp3) is 0.0714. The van der Waals surface area contributed by atoms with E-state index in [2.05, 4.69) is 21.2 Å². The zero-order chi connectivity index (χ0) is 14.3. The van der Waals surface area contributed by atoms with Crippen LogP contribution >= 0.6 is 27.3 Å². The van der Waals surface area contributed by atoms with Crippen molar-refractivity contribution in [2.45, 2.75) is 0 Å². The Hall–Kier alpha value is -1.97. The lowest BCUT2D eigenvalue weighted by Gasteiger charge is -2.17. The van der Waals surface area contributed by atoms with Gasteiger partial charge in [0.05, 0.1) is 11.6 Å². The summed E-state index contributed by atoms with van der Waals surface area (Å²) in [6.07, 6.45) is 0. The first-order chi connectivity index (χ1) is 9.61. The number of benzene rings is 1. The van der Waals surface area contributed by atoms with E-state index in [4.69, 9.17) is 5.26 Å². The minimum atomic E-state index is -1.26. The fourth-order valence-electron chi connectivity index (χ4n) is 2.10. The van der Waals surface area contributed by atoms with Crippen molar-refractivity contribution < 1.29 is 9.59 Å². The molecule has 1 atom stereocenters. The lowest BCUT2D eigenvalue weighted by molar-refractivity contribution is -0.117. The Morgan fingerprint density at radius 2 is 1.95 bits per heavy atom. The fourth-order valence-corrected chi connectivity index (χ4v) is 3.34. The lowest BCUT2D eigenvalue weighted by atomic mass is 9.91. The number of nitrogens with zero attached hydrogens (tertiary/aromatic N) is 1. The normalized spacial score (nSPS) is 17.3. The van der Waals surface area contributed by atoms with Crippen molar-refractivity contribution in [3.63, 3.8) is 0 Å². The standard InChI is InChI=1S/C14H7BrN2O2S/c15-8-3-1-7(2-4-8)10-6-20-14-11(10)12(18)9(5-16)13(19)17-14/h1-4,6,9H,(H,17,19). The van der Waals surface area contributed by atoms with Crippen LogP contribution in [0, 0.1) is 17.2 Å². The number of nitriles is 1. The largest absolute Gasteiger partial charge is 0.316 e. The summed E-state index contributed by atoms with van der Waals surface area (Å²) in [6, 6.07) is 9.29. The molecule has 0 fully saturated rings. The summed E-state index contributed by atoms with van der Waals surface area (Å²) in [7, 11) is 0. The van der Waals surface area contributed by atoms with Gasteiger partial charge < -0.3 is 5.32 Å². The van der Waals surface area contributed by atoms with E-state index < -0.39 is 17.6 Å². The number of hydrogen-bond donors (Lipinski definition) is 1. The molecule has 0 bridgehead atoms. The second-order valence-electron chi connectivity index (χ2n) is 4.28. The smallest absolute Gasteiger partial charge is 0.250 e. The van der Waals surface area contributed by atoms with Crippen molar-refractivity contribution in [1.82, 2.24) is 0 Å². The number of carbonyl (C=O) groups excluding carboxylic acids is 2. The maximum absolute atomic E-state index is 12.3. The van der Waals surface area contributed by atoms with Crippen LogP contribution in [-0.2, 0) is 4.79 Å². The quantitative estimate of drug-likeness (QED) is 0.804. The molecule has 2 aromatic rings. The molecular weight excluding hydrogens is 340 g/mol. The first kappa shape index (κ1) is 13.0. The van der Waals surface area contributed by atoms with Crippen molar-refractivity contribution in [3.8, 4) is 17.2 Å². The van der Waals surface area contributed by atoms with Crippen molar-refractivity contribution >= 4 is 44.0 Å². The average Bonchev–Trinajstić information content (AvgIpc) is 2.84. The molecule has 0 aliphatic carbocycles. The molecule has 1 aliphatic rings. The van der Waals surface area contributed by atoms with E-state index in [0.717, 1.165) is 15.6 Å². The Morgan fingerprint density at radius 3 is 2.60 bits per heavy atom. The van der Waals surface area contributed by atoms with E-state index in [-0.39, 0.29) is 0 Å². The first-order valence-electron chi connectivity index (χ1n) is 5.74. The minimum absolute atomic E-state index is 0.426. The van der Waals surface area contributed by atoms with Gasteiger partial charge in [-0.1, -0.05) is 28.1 Å². The SMILES string of the molecule is N#CC1C(=O)Nc2scc(-c3ccc(Br)cc3)c2C1=O. The summed E-state index contributed by atoms with van der Waals surface area (Å²) in [5, 5.41) is 13.9. The lowest BCUT2D eigenvalue weighted by Crippen LogP contribution is -2.33. The van der Waals surface area contributed by atoms with Crippen LogP contribution in [0.5, 0.6) is 0 Å². The molecule has 0 spiro atoms. The Morgan fingerprint density at radius 1 is 1.25 bits per heavy atom. The summed E-state index contributed by atoms with van der Waals surface area (Å²) in [4.78, 5) is 23.9. The molecule has 1 aromatic heterocycles. The molecule has 3 rings (SSSR count). The number of hydrogen-bond acceptors (Lipinski definition) is 4. The van der Waals surface area contributed by atoms with Crippen LogP contribution in [0.2, 0.25) is 0 Å². The van der Waals surface area contributed by atoms with Crippen LogP contribution < -0.4 is 5.32 Å². The third-order valence-corrected chi connectivity index (χ3v) is 4.51. The summed E-state index contributed by atoms with van der Waals surface area (Å²) < 4.78 is 0.944. The van der Waals surface area contributed by atoms with Gasteiger partial charge in [-0.15, -0.1) is 11.3 Å². The second kappa shape index (κ2) is 4.85. The molecule has 6 heteroatoms. The van der Waals surface area contributed by atoms with E-state index >= 15 is 0 Å². The third-order valence-electron chi connectivity index (χ3n) is 3.08. The maximum atomic E-state index is 12.3. The number of nitrogens with one attached hydrogen (secondary N) is 1. The highest BCUT2D eigenvalue weighted by Crippen LogP contribution is 2.39. The second-order valence-corrected chi connectivity index (χ2v) is 6.07. The molecule has 1 N–H and O–H groups in total. The first-order valence-corrected chi connectivity index (χ1v) is 7.41. The van der Waals surface area contributed by atoms with E-state index in [0.29, 0.717) is 10.6 Å². The van der Waals surface area contributed by atoms with Crippen LogP contribution in [0.1, 0.15) is 10.4 Å². The van der Waals surface area contributed by atoms with E-state index in [1.54, 1.807) is 6.07 Å². The van der Waals surface area contributed by atoms with Gasteiger partial charge in [-0.2, -0.15) is 5.26 Å². The van der Waals surface area contributed by atoms with Gasteiger partial charge in [0.1, 0.15) is 5.00 Å². The predicted octanol–water partition coefficient (Wildman–Crippen LogP) is 3.45. The molecule has 0 radical (unpaired) electrons. The molecule has 20 heavy (non-hydrogen) atoms. The molecular formula is C14H7BrN2O2S. The van der Waals surface area contributed by atoms with Gasteiger partial charge in [0.25, 0.3) is 0 Å². The van der Waals surface area contributed by atoms with Crippen LogP contribution in [0.3, 0.4) is 0 Å². The number of amides is 1. The molecule has 4 nitrogen and oxygen atoms in total. The monoisotopic (exact) mass is 346 g/mol. The maximum Gasteiger partial charge on any atom is 0.250 e. The van der Waals surface area contributed by atoms with Gasteiger partial charge in [-0.3, -0.25) is 9.59 Å².